The highest BCUT2D eigenvalue weighted by Gasteiger charge is 2.22. The zero-order valence-electron chi connectivity index (χ0n) is 11.0. The summed E-state index contributed by atoms with van der Waals surface area (Å²) in [7, 11) is -3.47. The quantitative estimate of drug-likeness (QED) is 0.602. The molecule has 0 amide bonds. The van der Waals surface area contributed by atoms with E-state index in [1.165, 1.54) is 0 Å². The van der Waals surface area contributed by atoms with E-state index in [4.69, 9.17) is 16.9 Å². The predicted octanol–water partition coefficient (Wildman–Crippen LogP) is 0.979. The second-order valence-electron chi connectivity index (χ2n) is 4.61. The Morgan fingerprint density at radius 3 is 2.47 bits per heavy atom. The van der Waals surface area contributed by atoms with Crippen LogP contribution in [-0.2, 0) is 10.0 Å². The molecular formula is C13H18N2O3S. The van der Waals surface area contributed by atoms with Crippen LogP contribution in [0.25, 0.3) is 0 Å². The molecule has 0 fully saturated rings. The molecule has 3 N–H and O–H groups in total. The van der Waals surface area contributed by atoms with Crippen LogP contribution in [0.4, 0.5) is 5.69 Å². The lowest BCUT2D eigenvalue weighted by atomic mass is 10.1. The van der Waals surface area contributed by atoms with E-state index in [2.05, 4.69) is 10.6 Å². The first-order chi connectivity index (χ1) is 8.74. The van der Waals surface area contributed by atoms with Crippen molar-refractivity contribution in [3.63, 3.8) is 0 Å². The Morgan fingerprint density at radius 1 is 1.37 bits per heavy atom. The van der Waals surface area contributed by atoms with Crippen LogP contribution < -0.4 is 15.2 Å². The van der Waals surface area contributed by atoms with Gasteiger partial charge in [0, 0.05) is 5.69 Å². The summed E-state index contributed by atoms with van der Waals surface area (Å²) in [5, 5.41) is 0. The van der Waals surface area contributed by atoms with Crippen LogP contribution in [0.1, 0.15) is 13.8 Å². The molecule has 0 unspecified atom stereocenters. The Bertz CT molecular complexity index is 557. The van der Waals surface area contributed by atoms with E-state index < -0.39 is 15.6 Å². The van der Waals surface area contributed by atoms with Crippen LogP contribution in [0, 0.1) is 12.3 Å². The fourth-order valence-electron chi connectivity index (χ4n) is 1.30. The van der Waals surface area contributed by atoms with E-state index in [1.807, 2.05) is 0 Å². The Kier molecular flexibility index (Phi) is 4.81. The van der Waals surface area contributed by atoms with Gasteiger partial charge in [-0.05, 0) is 38.1 Å². The highest BCUT2D eigenvalue weighted by Crippen LogP contribution is 2.13. The van der Waals surface area contributed by atoms with E-state index in [0.717, 1.165) is 0 Å². The van der Waals surface area contributed by atoms with Crippen LogP contribution in [-0.4, -0.2) is 26.3 Å². The van der Waals surface area contributed by atoms with E-state index in [9.17, 15) is 8.42 Å². The van der Waals surface area contributed by atoms with Gasteiger partial charge in [-0.15, -0.1) is 6.42 Å². The summed E-state index contributed by atoms with van der Waals surface area (Å²) < 4.78 is 31.2. The summed E-state index contributed by atoms with van der Waals surface area (Å²) in [6.45, 7) is 3.27. The summed E-state index contributed by atoms with van der Waals surface area (Å²) in [5.74, 6) is 2.77. The highest BCUT2D eigenvalue weighted by atomic mass is 32.2. The number of anilines is 1. The Labute approximate surface area is 114 Å². The molecule has 0 radical (unpaired) electrons. The average molecular weight is 282 g/mol. The molecule has 1 aromatic carbocycles. The number of hydrogen-bond donors (Lipinski definition) is 2. The fourth-order valence-corrected chi connectivity index (χ4v) is 2.54. The third-order valence-electron chi connectivity index (χ3n) is 2.27. The van der Waals surface area contributed by atoms with Gasteiger partial charge in [-0.1, -0.05) is 5.92 Å². The molecule has 0 aromatic heterocycles. The topological polar surface area (TPSA) is 81.4 Å². The third kappa shape index (κ3) is 5.64. The van der Waals surface area contributed by atoms with Crippen molar-refractivity contribution in [1.29, 1.82) is 0 Å². The monoisotopic (exact) mass is 282 g/mol. The van der Waals surface area contributed by atoms with Crippen molar-refractivity contribution in [1.82, 2.24) is 4.72 Å². The zero-order chi connectivity index (χ0) is 14.5. The van der Waals surface area contributed by atoms with Crippen molar-refractivity contribution in [2.24, 2.45) is 0 Å². The number of ether oxygens (including phenoxy) is 1. The standard InChI is InChI=1S/C13H18N2O3S/c1-4-13(2,3)15-19(16,17)10-9-18-12-7-5-11(14)6-8-12/h1,5-8,15H,9-10,14H2,2-3H3. The molecule has 19 heavy (non-hydrogen) atoms. The molecule has 104 valence electrons. The second-order valence-corrected chi connectivity index (χ2v) is 6.45. The number of benzene rings is 1. The molecule has 0 spiro atoms. The lowest BCUT2D eigenvalue weighted by molar-refractivity contribution is 0.340. The van der Waals surface area contributed by atoms with Crippen molar-refractivity contribution in [3.05, 3.63) is 24.3 Å². The van der Waals surface area contributed by atoms with Gasteiger partial charge in [-0.25, -0.2) is 8.42 Å². The lowest BCUT2D eigenvalue weighted by Crippen LogP contribution is -2.43. The molecule has 5 nitrogen and oxygen atoms in total. The zero-order valence-corrected chi connectivity index (χ0v) is 11.8. The first-order valence-electron chi connectivity index (χ1n) is 5.72. The number of rotatable bonds is 6. The maximum absolute atomic E-state index is 11.7. The lowest BCUT2D eigenvalue weighted by Gasteiger charge is -2.19. The van der Waals surface area contributed by atoms with E-state index >= 15 is 0 Å². The van der Waals surface area contributed by atoms with Crippen molar-refractivity contribution in [2.75, 3.05) is 18.1 Å². The molecule has 0 aliphatic rings. The minimum Gasteiger partial charge on any atom is -0.492 e. The van der Waals surface area contributed by atoms with E-state index in [-0.39, 0.29) is 12.4 Å². The number of nitrogens with one attached hydrogen (secondary N) is 1. The molecule has 0 saturated heterocycles. The number of sulfonamides is 1. The smallest absolute Gasteiger partial charge is 0.216 e. The summed E-state index contributed by atoms with van der Waals surface area (Å²) in [5.41, 5.74) is 5.25. The van der Waals surface area contributed by atoms with Gasteiger partial charge in [0.05, 0.1) is 11.3 Å². The van der Waals surface area contributed by atoms with Gasteiger partial charge in [0.1, 0.15) is 12.4 Å². The van der Waals surface area contributed by atoms with Crippen LogP contribution in [0.15, 0.2) is 24.3 Å². The number of nitrogens with two attached hydrogens (primary N) is 1. The van der Waals surface area contributed by atoms with Gasteiger partial charge in [0.25, 0.3) is 0 Å². The summed E-state index contributed by atoms with van der Waals surface area (Å²) >= 11 is 0. The van der Waals surface area contributed by atoms with Crippen LogP contribution in [0.2, 0.25) is 0 Å². The molecule has 0 aliphatic carbocycles. The van der Waals surface area contributed by atoms with Gasteiger partial charge < -0.3 is 10.5 Å². The molecule has 1 rings (SSSR count). The largest absolute Gasteiger partial charge is 0.492 e. The molecule has 0 bridgehead atoms. The first kappa shape index (κ1) is 15.3. The third-order valence-corrected chi connectivity index (χ3v) is 3.80. The minimum atomic E-state index is -3.47. The molecule has 6 heteroatoms. The van der Waals surface area contributed by atoms with Crippen LogP contribution in [0.3, 0.4) is 0 Å². The fraction of sp³-hybridized carbons (Fsp3) is 0.385. The normalized spacial score (nSPS) is 11.8. The molecule has 0 saturated carbocycles. The van der Waals surface area contributed by atoms with Gasteiger partial charge in [0.2, 0.25) is 10.0 Å². The number of nitrogen functional groups attached to an aromatic ring is 1. The van der Waals surface area contributed by atoms with Gasteiger partial charge in [0.15, 0.2) is 0 Å². The van der Waals surface area contributed by atoms with Gasteiger partial charge >= 0.3 is 0 Å². The molecule has 0 atom stereocenters. The highest BCUT2D eigenvalue weighted by molar-refractivity contribution is 7.89. The van der Waals surface area contributed by atoms with Crippen molar-refractivity contribution < 1.29 is 13.2 Å². The van der Waals surface area contributed by atoms with Gasteiger partial charge in [-0.2, -0.15) is 4.72 Å². The maximum Gasteiger partial charge on any atom is 0.216 e. The summed E-state index contributed by atoms with van der Waals surface area (Å²) in [4.78, 5) is 0. The molecule has 1 aromatic rings. The molecule has 0 aliphatic heterocycles. The van der Waals surface area contributed by atoms with Crippen molar-refractivity contribution in [2.45, 2.75) is 19.4 Å². The predicted molar refractivity (Wildman–Crippen MR) is 76.2 cm³/mol. The van der Waals surface area contributed by atoms with Crippen molar-refractivity contribution in [3.8, 4) is 18.1 Å². The second kappa shape index (κ2) is 5.95. The Hall–Kier alpha value is -1.71. The number of hydrogen-bond acceptors (Lipinski definition) is 4. The maximum atomic E-state index is 11.7. The average Bonchev–Trinajstić information content (AvgIpc) is 2.30. The SMILES string of the molecule is C#CC(C)(C)NS(=O)(=O)CCOc1ccc(N)cc1. The Balaban J connectivity index is 2.49. The molecular weight excluding hydrogens is 264 g/mol. The summed E-state index contributed by atoms with van der Waals surface area (Å²) in [6.07, 6.45) is 5.23. The minimum absolute atomic E-state index is 0.0416. The summed E-state index contributed by atoms with van der Waals surface area (Å²) in [6, 6.07) is 6.73. The van der Waals surface area contributed by atoms with E-state index in [0.29, 0.717) is 11.4 Å². The van der Waals surface area contributed by atoms with Crippen LogP contribution >= 0.6 is 0 Å². The van der Waals surface area contributed by atoms with Crippen molar-refractivity contribution >= 4 is 15.7 Å². The Morgan fingerprint density at radius 2 is 1.95 bits per heavy atom. The first-order valence-corrected chi connectivity index (χ1v) is 7.37. The van der Waals surface area contributed by atoms with E-state index in [1.54, 1.807) is 38.1 Å². The molecule has 0 heterocycles. The van der Waals surface area contributed by atoms with Gasteiger partial charge in [-0.3, -0.25) is 0 Å². The number of terminal acetylenes is 1. The van der Waals surface area contributed by atoms with Crippen LogP contribution in [0.5, 0.6) is 5.75 Å².